The zero-order valence-corrected chi connectivity index (χ0v) is 11.3. The van der Waals surface area contributed by atoms with Crippen LogP contribution in [0.15, 0.2) is 42.6 Å². The van der Waals surface area contributed by atoms with Gasteiger partial charge in [0.15, 0.2) is 0 Å². The molecule has 0 aliphatic heterocycles. The van der Waals surface area contributed by atoms with E-state index >= 15 is 0 Å². The van der Waals surface area contributed by atoms with Crippen LogP contribution in [0.1, 0.15) is 30.6 Å². The van der Waals surface area contributed by atoms with E-state index in [1.807, 2.05) is 61.1 Å². The average Bonchev–Trinajstić information content (AvgIpc) is 2.84. The van der Waals surface area contributed by atoms with Gasteiger partial charge in [0, 0.05) is 19.2 Å². The average molecular weight is 257 g/mol. The molecule has 0 radical (unpaired) electrons. The van der Waals surface area contributed by atoms with Gasteiger partial charge in [-0.15, -0.1) is 0 Å². The van der Waals surface area contributed by atoms with E-state index < -0.39 is 0 Å². The van der Waals surface area contributed by atoms with Crippen molar-refractivity contribution in [3.8, 4) is 0 Å². The molecule has 0 fully saturated rings. The standard InChI is InChI=1S/C15H19N3O/c1-12-8-9-18(17-12)13(2)10-15(19)16-11-14-6-4-3-5-7-14/h3-9,13H,10-11H2,1-2H3,(H,16,19). The van der Waals surface area contributed by atoms with Gasteiger partial charge in [0.25, 0.3) is 0 Å². The van der Waals surface area contributed by atoms with Gasteiger partial charge in [0.05, 0.1) is 11.7 Å². The van der Waals surface area contributed by atoms with Gasteiger partial charge in [-0.05, 0) is 25.5 Å². The first-order valence-corrected chi connectivity index (χ1v) is 6.47. The monoisotopic (exact) mass is 257 g/mol. The Hall–Kier alpha value is -2.10. The quantitative estimate of drug-likeness (QED) is 0.894. The van der Waals surface area contributed by atoms with E-state index in [-0.39, 0.29) is 11.9 Å². The van der Waals surface area contributed by atoms with Crippen molar-refractivity contribution in [2.75, 3.05) is 0 Å². The Morgan fingerprint density at radius 3 is 2.68 bits per heavy atom. The topological polar surface area (TPSA) is 46.9 Å². The summed E-state index contributed by atoms with van der Waals surface area (Å²) < 4.78 is 1.83. The van der Waals surface area contributed by atoms with Crippen molar-refractivity contribution in [1.82, 2.24) is 15.1 Å². The molecule has 1 aromatic heterocycles. The van der Waals surface area contributed by atoms with Crippen LogP contribution in [0.25, 0.3) is 0 Å². The Kier molecular flexibility index (Phi) is 4.34. The Balaban J connectivity index is 1.81. The summed E-state index contributed by atoms with van der Waals surface area (Å²) in [7, 11) is 0. The number of hydrogen-bond donors (Lipinski definition) is 1. The van der Waals surface area contributed by atoms with Crippen molar-refractivity contribution >= 4 is 5.91 Å². The third-order valence-corrected chi connectivity index (χ3v) is 3.01. The van der Waals surface area contributed by atoms with Gasteiger partial charge in [-0.2, -0.15) is 5.10 Å². The summed E-state index contributed by atoms with van der Waals surface area (Å²) >= 11 is 0. The third kappa shape index (κ3) is 3.95. The number of nitrogens with zero attached hydrogens (tertiary/aromatic N) is 2. The van der Waals surface area contributed by atoms with Crippen LogP contribution in [0.4, 0.5) is 0 Å². The van der Waals surface area contributed by atoms with Gasteiger partial charge in [-0.25, -0.2) is 0 Å². The number of amides is 1. The first-order valence-electron chi connectivity index (χ1n) is 6.47. The molecule has 1 N–H and O–H groups in total. The largest absolute Gasteiger partial charge is 0.352 e. The first kappa shape index (κ1) is 13.3. The number of benzene rings is 1. The van der Waals surface area contributed by atoms with Gasteiger partial charge >= 0.3 is 0 Å². The third-order valence-electron chi connectivity index (χ3n) is 3.01. The Morgan fingerprint density at radius 2 is 2.05 bits per heavy atom. The molecular weight excluding hydrogens is 238 g/mol. The fourth-order valence-corrected chi connectivity index (χ4v) is 1.91. The fourth-order valence-electron chi connectivity index (χ4n) is 1.91. The van der Waals surface area contributed by atoms with Crippen LogP contribution in [0.3, 0.4) is 0 Å². The molecule has 2 aromatic rings. The molecule has 0 bridgehead atoms. The SMILES string of the molecule is Cc1ccn(C(C)CC(=O)NCc2ccccc2)n1. The van der Waals surface area contributed by atoms with Crippen LogP contribution in [0, 0.1) is 6.92 Å². The zero-order valence-electron chi connectivity index (χ0n) is 11.3. The van der Waals surface area contributed by atoms with Crippen LogP contribution in [-0.4, -0.2) is 15.7 Å². The predicted molar refractivity (Wildman–Crippen MR) is 74.6 cm³/mol. The lowest BCUT2D eigenvalue weighted by atomic mass is 10.2. The molecule has 19 heavy (non-hydrogen) atoms. The molecule has 1 atom stereocenters. The van der Waals surface area contributed by atoms with E-state index in [9.17, 15) is 4.79 Å². The molecule has 1 aromatic carbocycles. The molecule has 4 heteroatoms. The number of nitrogens with one attached hydrogen (secondary N) is 1. The maximum atomic E-state index is 11.9. The number of carbonyl (C=O) groups is 1. The van der Waals surface area contributed by atoms with Gasteiger partial charge in [-0.1, -0.05) is 30.3 Å². The van der Waals surface area contributed by atoms with Crippen molar-refractivity contribution < 1.29 is 4.79 Å². The van der Waals surface area contributed by atoms with Crippen molar-refractivity contribution in [3.63, 3.8) is 0 Å². The maximum absolute atomic E-state index is 11.9. The van der Waals surface area contributed by atoms with E-state index in [0.717, 1.165) is 11.3 Å². The maximum Gasteiger partial charge on any atom is 0.222 e. The predicted octanol–water partition coefficient (Wildman–Crippen LogP) is 2.46. The second kappa shape index (κ2) is 6.18. The number of rotatable bonds is 5. The van der Waals surface area contributed by atoms with Crippen molar-refractivity contribution in [3.05, 3.63) is 53.9 Å². The molecule has 0 saturated carbocycles. The van der Waals surface area contributed by atoms with Crippen molar-refractivity contribution in [2.24, 2.45) is 0 Å². The van der Waals surface area contributed by atoms with E-state index in [0.29, 0.717) is 13.0 Å². The Bertz CT molecular complexity index is 533. The summed E-state index contributed by atoms with van der Waals surface area (Å²) in [6.07, 6.45) is 2.35. The summed E-state index contributed by atoms with van der Waals surface area (Å²) in [6, 6.07) is 11.9. The second-order valence-electron chi connectivity index (χ2n) is 4.75. The molecular formula is C15H19N3O. The molecule has 0 saturated heterocycles. The van der Waals surface area contributed by atoms with Crippen LogP contribution in [0.2, 0.25) is 0 Å². The van der Waals surface area contributed by atoms with E-state index in [2.05, 4.69) is 10.4 Å². The summed E-state index contributed by atoms with van der Waals surface area (Å²) in [5.74, 6) is 0.0458. The number of aromatic nitrogens is 2. The van der Waals surface area contributed by atoms with Gasteiger partial charge in [0.1, 0.15) is 0 Å². The molecule has 0 aliphatic rings. The van der Waals surface area contributed by atoms with Crippen molar-refractivity contribution in [2.45, 2.75) is 32.9 Å². The molecule has 1 amide bonds. The summed E-state index contributed by atoms with van der Waals surface area (Å²) in [5, 5.41) is 7.24. The minimum atomic E-state index is 0.0458. The zero-order chi connectivity index (χ0) is 13.7. The lowest BCUT2D eigenvalue weighted by Gasteiger charge is -2.12. The smallest absolute Gasteiger partial charge is 0.222 e. The number of aryl methyl sites for hydroxylation is 1. The lowest BCUT2D eigenvalue weighted by Crippen LogP contribution is -2.25. The minimum absolute atomic E-state index is 0.0458. The van der Waals surface area contributed by atoms with E-state index in [1.165, 1.54) is 0 Å². The molecule has 2 rings (SSSR count). The van der Waals surface area contributed by atoms with E-state index in [4.69, 9.17) is 0 Å². The Labute approximate surface area is 113 Å². The normalized spacial score (nSPS) is 12.1. The van der Waals surface area contributed by atoms with E-state index in [1.54, 1.807) is 0 Å². The highest BCUT2D eigenvalue weighted by molar-refractivity contribution is 5.76. The highest BCUT2D eigenvalue weighted by Crippen LogP contribution is 2.10. The van der Waals surface area contributed by atoms with Crippen molar-refractivity contribution in [1.29, 1.82) is 0 Å². The number of hydrogen-bond acceptors (Lipinski definition) is 2. The lowest BCUT2D eigenvalue weighted by molar-refractivity contribution is -0.122. The molecule has 1 heterocycles. The van der Waals surface area contributed by atoms with Crippen LogP contribution in [-0.2, 0) is 11.3 Å². The molecule has 4 nitrogen and oxygen atoms in total. The first-order chi connectivity index (χ1) is 9.15. The second-order valence-corrected chi connectivity index (χ2v) is 4.75. The van der Waals surface area contributed by atoms with Crippen LogP contribution in [0.5, 0.6) is 0 Å². The van der Waals surface area contributed by atoms with Gasteiger partial charge < -0.3 is 5.32 Å². The fraction of sp³-hybridized carbons (Fsp3) is 0.333. The number of carbonyl (C=O) groups excluding carboxylic acids is 1. The van der Waals surface area contributed by atoms with Crippen LogP contribution >= 0.6 is 0 Å². The summed E-state index contributed by atoms with van der Waals surface area (Å²) in [4.78, 5) is 11.9. The summed E-state index contributed by atoms with van der Waals surface area (Å²) in [6.45, 7) is 4.51. The molecule has 0 spiro atoms. The highest BCUT2D eigenvalue weighted by atomic mass is 16.1. The molecule has 0 aliphatic carbocycles. The summed E-state index contributed by atoms with van der Waals surface area (Å²) in [5.41, 5.74) is 2.08. The highest BCUT2D eigenvalue weighted by Gasteiger charge is 2.11. The Morgan fingerprint density at radius 1 is 1.32 bits per heavy atom. The minimum Gasteiger partial charge on any atom is -0.352 e. The van der Waals surface area contributed by atoms with Crippen LogP contribution < -0.4 is 5.32 Å². The molecule has 1 unspecified atom stereocenters. The van der Waals surface area contributed by atoms with Gasteiger partial charge in [0.2, 0.25) is 5.91 Å². The van der Waals surface area contributed by atoms with Gasteiger partial charge in [-0.3, -0.25) is 9.48 Å². The molecule has 100 valence electrons.